The standard InChI is InChI=1S/C82H156O17P2/c1-8-9-10-11-12-13-14-15-18-26-31-36-43-51-58-65-82(87)99-78(70-93-80(85)64-57-50-45-38-41-48-55-62-75(6)7)72-97-101(90,91)95-68-76(83)67-94-100(88,89)96-71-77(98-81(86)66-59-52-44-37-32-27-22-17-20-24-29-34-40-47-54-61-74(4)5)69-92-79(84)63-56-49-42-35-30-25-21-16-19-23-28-33-39-46-53-60-73(2)3/h13-15,18,73-78,83H,8-12,16-17,19-72H2,1-7H3,(H,88,89)(H,90,91)/b14-13-,18-15-/t76?,77-,78-/m1/s1. The van der Waals surface area contributed by atoms with Gasteiger partial charge in [0.2, 0.25) is 0 Å². The van der Waals surface area contributed by atoms with E-state index in [4.69, 9.17) is 37.0 Å². The van der Waals surface area contributed by atoms with Gasteiger partial charge in [0.15, 0.2) is 12.2 Å². The Balaban J connectivity index is 5.27. The van der Waals surface area contributed by atoms with Gasteiger partial charge in [0, 0.05) is 25.7 Å². The van der Waals surface area contributed by atoms with Crippen molar-refractivity contribution < 1.29 is 80.2 Å². The smallest absolute Gasteiger partial charge is 0.462 e. The van der Waals surface area contributed by atoms with E-state index in [0.717, 1.165) is 121 Å². The third-order valence-corrected chi connectivity index (χ3v) is 20.4. The van der Waals surface area contributed by atoms with E-state index in [-0.39, 0.29) is 25.7 Å². The topological polar surface area (TPSA) is 237 Å². The molecule has 0 radical (unpaired) electrons. The number of hydrogen-bond donors (Lipinski definition) is 3. The summed E-state index contributed by atoms with van der Waals surface area (Å²) in [6.07, 6.45) is 63.3. The molecule has 596 valence electrons. The van der Waals surface area contributed by atoms with E-state index in [0.29, 0.717) is 31.6 Å². The lowest BCUT2D eigenvalue weighted by Crippen LogP contribution is -2.30. The Morgan fingerprint density at radius 2 is 0.535 bits per heavy atom. The lowest BCUT2D eigenvalue weighted by Gasteiger charge is -2.21. The molecule has 0 spiro atoms. The Morgan fingerprint density at radius 1 is 0.307 bits per heavy atom. The van der Waals surface area contributed by atoms with Crippen molar-refractivity contribution in [3.8, 4) is 0 Å². The van der Waals surface area contributed by atoms with Gasteiger partial charge >= 0.3 is 39.5 Å². The van der Waals surface area contributed by atoms with Crippen LogP contribution in [0.1, 0.15) is 402 Å². The zero-order valence-electron chi connectivity index (χ0n) is 65.9. The average Bonchev–Trinajstić information content (AvgIpc) is 1.15. The molecule has 17 nitrogen and oxygen atoms in total. The van der Waals surface area contributed by atoms with Crippen LogP contribution in [0.15, 0.2) is 24.3 Å². The number of carbonyl (C=O) groups is 4. The van der Waals surface area contributed by atoms with Gasteiger partial charge in [0.05, 0.1) is 26.4 Å². The number of allylic oxidation sites excluding steroid dienone is 4. The lowest BCUT2D eigenvalue weighted by molar-refractivity contribution is -0.161. The molecule has 19 heteroatoms. The maximum absolute atomic E-state index is 13.1. The van der Waals surface area contributed by atoms with Crippen molar-refractivity contribution in [2.75, 3.05) is 39.6 Å². The minimum absolute atomic E-state index is 0.0842. The maximum atomic E-state index is 13.1. The number of ether oxygens (including phenoxy) is 4. The Bertz CT molecular complexity index is 2050. The Labute approximate surface area is 618 Å². The van der Waals surface area contributed by atoms with Gasteiger partial charge in [0.25, 0.3) is 0 Å². The van der Waals surface area contributed by atoms with E-state index >= 15 is 0 Å². The first-order valence-electron chi connectivity index (χ1n) is 41.7. The van der Waals surface area contributed by atoms with Crippen LogP contribution in [0, 0.1) is 17.8 Å². The van der Waals surface area contributed by atoms with Crippen molar-refractivity contribution in [2.45, 2.75) is 420 Å². The molecule has 0 aromatic rings. The minimum Gasteiger partial charge on any atom is -0.462 e. The van der Waals surface area contributed by atoms with Crippen molar-refractivity contribution in [1.29, 1.82) is 0 Å². The molecule has 3 unspecified atom stereocenters. The predicted octanol–water partition coefficient (Wildman–Crippen LogP) is 24.1. The minimum atomic E-state index is -4.97. The number of phosphoric ester groups is 2. The second-order valence-corrected chi connectivity index (χ2v) is 33.2. The summed E-state index contributed by atoms with van der Waals surface area (Å²) in [5.41, 5.74) is 0. The van der Waals surface area contributed by atoms with Crippen LogP contribution in [0.4, 0.5) is 0 Å². The van der Waals surface area contributed by atoms with Crippen LogP contribution in [-0.2, 0) is 65.4 Å². The lowest BCUT2D eigenvalue weighted by atomic mass is 10.0. The van der Waals surface area contributed by atoms with Crippen LogP contribution in [-0.4, -0.2) is 96.7 Å². The molecular formula is C82H156O17P2. The van der Waals surface area contributed by atoms with Crippen LogP contribution < -0.4 is 0 Å². The van der Waals surface area contributed by atoms with Crippen molar-refractivity contribution in [3.05, 3.63) is 24.3 Å². The van der Waals surface area contributed by atoms with Crippen LogP contribution >= 0.6 is 15.6 Å². The third kappa shape index (κ3) is 75.6. The maximum Gasteiger partial charge on any atom is 0.472 e. The molecule has 5 atom stereocenters. The fourth-order valence-electron chi connectivity index (χ4n) is 12.1. The molecule has 0 aliphatic rings. The highest BCUT2D eigenvalue weighted by atomic mass is 31.2. The quantitative estimate of drug-likeness (QED) is 0.0169. The summed E-state index contributed by atoms with van der Waals surface area (Å²) in [4.78, 5) is 73.0. The third-order valence-electron chi connectivity index (χ3n) is 18.5. The Hall–Kier alpha value is -2.46. The number of hydrogen-bond acceptors (Lipinski definition) is 15. The molecule has 0 saturated carbocycles. The largest absolute Gasteiger partial charge is 0.472 e. The van der Waals surface area contributed by atoms with Crippen LogP contribution in [0.5, 0.6) is 0 Å². The van der Waals surface area contributed by atoms with E-state index in [1.807, 2.05) is 0 Å². The second-order valence-electron chi connectivity index (χ2n) is 30.3. The number of aliphatic hydroxyl groups excluding tert-OH is 1. The fraction of sp³-hybridized carbons (Fsp3) is 0.902. The number of unbranched alkanes of at least 4 members (excludes halogenated alkanes) is 43. The number of phosphoric acid groups is 2. The van der Waals surface area contributed by atoms with Crippen molar-refractivity contribution in [2.24, 2.45) is 17.8 Å². The zero-order valence-corrected chi connectivity index (χ0v) is 67.6. The Kier molecular flexibility index (Phi) is 70.0. The molecule has 0 aliphatic carbocycles. The van der Waals surface area contributed by atoms with Crippen molar-refractivity contribution in [1.82, 2.24) is 0 Å². The molecule has 0 saturated heterocycles. The van der Waals surface area contributed by atoms with Gasteiger partial charge < -0.3 is 33.8 Å². The summed E-state index contributed by atoms with van der Waals surface area (Å²) >= 11 is 0. The predicted molar refractivity (Wildman–Crippen MR) is 414 cm³/mol. The SMILES string of the molecule is CCCCCC/C=C\C=C/CCCCCCCC(=O)O[C@H](COC(=O)CCCCCCCCCC(C)C)COP(=O)(O)OCC(O)COP(=O)(O)OC[C@@H](COC(=O)CCCCCCCCCCCCCCCCCC(C)C)OC(=O)CCCCCCCCCCCCCCCCCC(C)C. The molecule has 0 aromatic carbocycles. The van der Waals surface area contributed by atoms with Gasteiger partial charge in [0.1, 0.15) is 19.3 Å². The number of rotatable bonds is 78. The highest BCUT2D eigenvalue weighted by Gasteiger charge is 2.30. The summed E-state index contributed by atoms with van der Waals surface area (Å²) in [6.45, 7) is 11.9. The summed E-state index contributed by atoms with van der Waals surface area (Å²) in [5, 5.41) is 10.6. The molecule has 0 bridgehead atoms. The normalized spacial score (nSPS) is 14.1. The van der Waals surface area contributed by atoms with Gasteiger partial charge in [-0.1, -0.05) is 349 Å². The molecule has 0 amide bonds. The average molecular weight is 1480 g/mol. The second kappa shape index (κ2) is 71.8. The monoisotopic (exact) mass is 1480 g/mol. The first kappa shape index (κ1) is 98.5. The highest BCUT2D eigenvalue weighted by Crippen LogP contribution is 2.45. The van der Waals surface area contributed by atoms with Gasteiger partial charge in [-0.05, 0) is 69.1 Å². The molecule has 0 aliphatic heterocycles. The van der Waals surface area contributed by atoms with E-state index in [1.165, 1.54) is 193 Å². The first-order valence-corrected chi connectivity index (χ1v) is 44.7. The first-order chi connectivity index (χ1) is 48.7. The van der Waals surface area contributed by atoms with E-state index in [1.54, 1.807) is 0 Å². The molecular weight excluding hydrogens is 1320 g/mol. The van der Waals surface area contributed by atoms with Gasteiger partial charge in [-0.2, -0.15) is 0 Å². The number of esters is 4. The summed E-state index contributed by atoms with van der Waals surface area (Å²) in [6, 6.07) is 0. The van der Waals surface area contributed by atoms with Gasteiger partial charge in [-0.25, -0.2) is 9.13 Å². The molecule has 0 rings (SSSR count). The van der Waals surface area contributed by atoms with Gasteiger partial charge in [-0.15, -0.1) is 0 Å². The van der Waals surface area contributed by atoms with Crippen LogP contribution in [0.3, 0.4) is 0 Å². The summed E-state index contributed by atoms with van der Waals surface area (Å²) < 4.78 is 68.7. The molecule has 101 heavy (non-hydrogen) atoms. The van der Waals surface area contributed by atoms with E-state index < -0.39 is 97.5 Å². The highest BCUT2D eigenvalue weighted by molar-refractivity contribution is 7.47. The molecule has 0 heterocycles. The number of carbonyl (C=O) groups excluding carboxylic acids is 4. The Morgan fingerprint density at radius 3 is 0.802 bits per heavy atom. The molecule has 0 fully saturated rings. The zero-order chi connectivity index (χ0) is 74.4. The van der Waals surface area contributed by atoms with E-state index in [2.05, 4.69) is 72.8 Å². The van der Waals surface area contributed by atoms with Crippen molar-refractivity contribution in [3.63, 3.8) is 0 Å². The molecule has 3 N–H and O–H groups in total. The van der Waals surface area contributed by atoms with E-state index in [9.17, 15) is 43.2 Å². The van der Waals surface area contributed by atoms with Crippen molar-refractivity contribution >= 4 is 39.5 Å². The number of aliphatic hydroxyl groups is 1. The fourth-order valence-corrected chi connectivity index (χ4v) is 13.7. The summed E-state index contributed by atoms with van der Waals surface area (Å²) in [5.74, 6) is 0.167. The summed E-state index contributed by atoms with van der Waals surface area (Å²) in [7, 11) is -9.93. The van der Waals surface area contributed by atoms with Crippen LogP contribution in [0.2, 0.25) is 0 Å². The van der Waals surface area contributed by atoms with Gasteiger partial charge in [-0.3, -0.25) is 37.3 Å². The molecule has 0 aromatic heterocycles. The van der Waals surface area contributed by atoms with Crippen LogP contribution in [0.25, 0.3) is 0 Å².